The van der Waals surface area contributed by atoms with Gasteiger partial charge in [0.2, 0.25) is 5.91 Å². The quantitative estimate of drug-likeness (QED) is 0.0538. The predicted octanol–water partition coefficient (Wildman–Crippen LogP) is 16.8. The van der Waals surface area contributed by atoms with Gasteiger partial charge < -0.3 is 15.5 Å². The molecule has 0 heterocycles. The summed E-state index contributed by atoms with van der Waals surface area (Å²) in [7, 11) is 0. The van der Waals surface area contributed by atoms with Gasteiger partial charge >= 0.3 is 0 Å². The molecule has 0 aromatic rings. The number of aliphatic hydroxyl groups is 2. The molecule has 4 nitrogen and oxygen atoms in total. The van der Waals surface area contributed by atoms with Crippen LogP contribution in [0.25, 0.3) is 0 Å². The van der Waals surface area contributed by atoms with Crippen LogP contribution in [0.2, 0.25) is 0 Å². The number of amides is 1. The highest BCUT2D eigenvalue weighted by Gasteiger charge is 2.20. The van der Waals surface area contributed by atoms with E-state index < -0.39 is 12.1 Å². The molecule has 0 aromatic carbocycles. The number of unbranched alkanes of at least 4 members (excludes halogenated alkanes) is 42. The molecule has 0 bridgehead atoms. The van der Waals surface area contributed by atoms with Crippen LogP contribution >= 0.6 is 0 Å². The van der Waals surface area contributed by atoms with E-state index in [4.69, 9.17) is 0 Å². The number of hydrogen-bond acceptors (Lipinski definition) is 3. The minimum absolute atomic E-state index is 0.0228. The number of carbonyl (C=O) groups is 1. The van der Waals surface area contributed by atoms with Crippen molar-refractivity contribution in [3.8, 4) is 0 Å². The molecule has 336 valence electrons. The highest BCUT2D eigenvalue weighted by atomic mass is 16.3. The molecule has 0 rings (SSSR count). The van der Waals surface area contributed by atoms with Gasteiger partial charge in [0.1, 0.15) is 0 Å². The molecule has 0 aromatic heterocycles. The lowest BCUT2D eigenvalue weighted by atomic mass is 10.0. The molecule has 0 radical (unpaired) electrons. The normalized spacial score (nSPS) is 12.7. The largest absolute Gasteiger partial charge is 0.394 e. The third-order valence-electron chi connectivity index (χ3n) is 12.6. The summed E-state index contributed by atoms with van der Waals surface area (Å²) in [5.74, 6) is -0.0228. The van der Waals surface area contributed by atoms with Gasteiger partial charge in [-0.05, 0) is 12.8 Å². The van der Waals surface area contributed by atoms with Crippen LogP contribution < -0.4 is 5.32 Å². The fraction of sp³-hybridized carbons (Fsp3) is 0.981. The predicted molar refractivity (Wildman–Crippen MR) is 249 cm³/mol. The van der Waals surface area contributed by atoms with Crippen LogP contribution in [0, 0.1) is 0 Å². The van der Waals surface area contributed by atoms with Gasteiger partial charge in [0, 0.05) is 6.42 Å². The molecule has 0 spiro atoms. The smallest absolute Gasteiger partial charge is 0.220 e. The van der Waals surface area contributed by atoms with Crippen LogP contribution in [-0.4, -0.2) is 34.9 Å². The SMILES string of the molecule is CCCCCCCCCCCCCCCCCCCCCCCCCCC(=O)NC(CO)C(O)CCCCCCCCCCCCCCCCCCCCCC. The molecule has 0 saturated heterocycles. The maximum absolute atomic E-state index is 12.5. The van der Waals surface area contributed by atoms with Crippen molar-refractivity contribution in [2.24, 2.45) is 0 Å². The first-order chi connectivity index (χ1) is 27.7. The first-order valence-electron chi connectivity index (χ1n) is 26.2. The molecule has 3 N–H and O–H groups in total. The molecule has 1 amide bonds. The summed E-state index contributed by atoms with van der Waals surface area (Å²) in [5, 5.41) is 23.3. The van der Waals surface area contributed by atoms with Crippen LogP contribution in [0.3, 0.4) is 0 Å². The van der Waals surface area contributed by atoms with Gasteiger partial charge in [-0.3, -0.25) is 4.79 Å². The molecule has 0 aliphatic carbocycles. The van der Waals surface area contributed by atoms with Crippen molar-refractivity contribution < 1.29 is 15.0 Å². The van der Waals surface area contributed by atoms with Gasteiger partial charge in [-0.25, -0.2) is 0 Å². The zero-order chi connectivity index (χ0) is 40.7. The lowest BCUT2D eigenvalue weighted by molar-refractivity contribution is -0.123. The Morgan fingerprint density at radius 2 is 0.571 bits per heavy atom. The van der Waals surface area contributed by atoms with E-state index in [1.54, 1.807) is 0 Å². The average molecular weight is 792 g/mol. The topological polar surface area (TPSA) is 69.6 Å². The molecule has 0 aliphatic rings. The van der Waals surface area contributed by atoms with Crippen LogP contribution in [0.5, 0.6) is 0 Å². The number of rotatable bonds is 49. The molecule has 2 unspecified atom stereocenters. The van der Waals surface area contributed by atoms with E-state index in [9.17, 15) is 15.0 Å². The molecule has 0 fully saturated rings. The summed E-state index contributed by atoms with van der Waals surface area (Å²) >= 11 is 0. The fourth-order valence-corrected chi connectivity index (χ4v) is 8.60. The van der Waals surface area contributed by atoms with Gasteiger partial charge in [-0.1, -0.05) is 290 Å². The number of carbonyl (C=O) groups excluding carboxylic acids is 1. The maximum atomic E-state index is 12.5. The number of aliphatic hydroxyl groups excluding tert-OH is 2. The van der Waals surface area contributed by atoms with Crippen molar-refractivity contribution in [3.05, 3.63) is 0 Å². The molecule has 0 aliphatic heterocycles. The van der Waals surface area contributed by atoms with Crippen molar-refractivity contribution in [3.63, 3.8) is 0 Å². The highest BCUT2D eigenvalue weighted by Crippen LogP contribution is 2.18. The van der Waals surface area contributed by atoms with E-state index >= 15 is 0 Å². The van der Waals surface area contributed by atoms with Gasteiger partial charge in [0.15, 0.2) is 0 Å². The molecule has 2 atom stereocenters. The van der Waals surface area contributed by atoms with Crippen molar-refractivity contribution >= 4 is 5.91 Å². The van der Waals surface area contributed by atoms with Crippen molar-refractivity contribution in [2.75, 3.05) is 6.61 Å². The zero-order valence-corrected chi connectivity index (χ0v) is 38.7. The Morgan fingerprint density at radius 3 is 0.804 bits per heavy atom. The van der Waals surface area contributed by atoms with E-state index in [-0.39, 0.29) is 12.5 Å². The fourth-order valence-electron chi connectivity index (χ4n) is 8.60. The van der Waals surface area contributed by atoms with E-state index in [1.165, 1.54) is 257 Å². The summed E-state index contributed by atoms with van der Waals surface area (Å²) in [6, 6.07) is -0.530. The third kappa shape index (κ3) is 44.5. The first-order valence-corrected chi connectivity index (χ1v) is 26.2. The van der Waals surface area contributed by atoms with Crippen LogP contribution in [0.1, 0.15) is 309 Å². The second kappa shape index (κ2) is 48.8. The maximum Gasteiger partial charge on any atom is 0.220 e. The number of hydrogen-bond donors (Lipinski definition) is 3. The molecular formula is C52H105NO3. The lowest BCUT2D eigenvalue weighted by Gasteiger charge is -2.22. The van der Waals surface area contributed by atoms with Crippen molar-refractivity contribution in [1.82, 2.24) is 5.32 Å². The second-order valence-electron chi connectivity index (χ2n) is 18.3. The van der Waals surface area contributed by atoms with Gasteiger partial charge in [0.25, 0.3) is 0 Å². The van der Waals surface area contributed by atoms with Crippen LogP contribution in [0.15, 0.2) is 0 Å². The Labute approximate surface area is 353 Å². The molecule has 56 heavy (non-hydrogen) atoms. The standard InChI is InChI=1S/C52H105NO3/c1-3-5-7-9-11-13-15-17-19-21-23-25-26-27-28-30-32-34-36-38-40-42-44-46-48-52(56)53-50(49-54)51(55)47-45-43-41-39-37-35-33-31-29-24-22-20-18-16-14-12-10-8-6-4-2/h50-51,54-55H,3-49H2,1-2H3,(H,53,56). The Kier molecular flexibility index (Phi) is 48.2. The Hall–Kier alpha value is -0.610. The Bertz CT molecular complexity index is 729. The van der Waals surface area contributed by atoms with Gasteiger partial charge in [-0.2, -0.15) is 0 Å². The summed E-state index contributed by atoms with van der Waals surface area (Å²) in [4.78, 5) is 12.5. The highest BCUT2D eigenvalue weighted by molar-refractivity contribution is 5.76. The zero-order valence-electron chi connectivity index (χ0n) is 38.7. The molecule has 4 heteroatoms. The minimum atomic E-state index is -0.654. The first kappa shape index (κ1) is 55.4. The third-order valence-corrected chi connectivity index (χ3v) is 12.6. The Balaban J connectivity index is 3.42. The van der Waals surface area contributed by atoms with E-state index in [2.05, 4.69) is 19.2 Å². The molecule has 0 saturated carbocycles. The summed E-state index contributed by atoms with van der Waals surface area (Å²) in [5.41, 5.74) is 0. The summed E-state index contributed by atoms with van der Waals surface area (Å²) < 4.78 is 0. The van der Waals surface area contributed by atoms with E-state index in [1.807, 2.05) is 0 Å². The van der Waals surface area contributed by atoms with Crippen LogP contribution in [0.4, 0.5) is 0 Å². The summed E-state index contributed by atoms with van der Waals surface area (Å²) in [6.45, 7) is 4.40. The van der Waals surface area contributed by atoms with Crippen molar-refractivity contribution in [1.29, 1.82) is 0 Å². The average Bonchev–Trinajstić information content (AvgIpc) is 3.20. The second-order valence-corrected chi connectivity index (χ2v) is 18.3. The van der Waals surface area contributed by atoms with Crippen LogP contribution in [-0.2, 0) is 4.79 Å². The van der Waals surface area contributed by atoms with Gasteiger partial charge in [0.05, 0.1) is 18.8 Å². The minimum Gasteiger partial charge on any atom is -0.394 e. The monoisotopic (exact) mass is 792 g/mol. The number of nitrogens with one attached hydrogen (secondary N) is 1. The van der Waals surface area contributed by atoms with Gasteiger partial charge in [-0.15, -0.1) is 0 Å². The molecular weight excluding hydrogens is 687 g/mol. The lowest BCUT2D eigenvalue weighted by Crippen LogP contribution is -2.45. The van der Waals surface area contributed by atoms with E-state index in [0.717, 1.165) is 25.7 Å². The summed E-state index contributed by atoms with van der Waals surface area (Å²) in [6.07, 6.45) is 60.7. The van der Waals surface area contributed by atoms with Crippen molar-refractivity contribution in [2.45, 2.75) is 321 Å². The Morgan fingerprint density at radius 1 is 0.357 bits per heavy atom. The van der Waals surface area contributed by atoms with E-state index in [0.29, 0.717) is 12.8 Å².